The lowest BCUT2D eigenvalue weighted by Crippen LogP contribution is -2.52. The third-order valence-corrected chi connectivity index (χ3v) is 7.79. The number of rotatable bonds is 30. The van der Waals surface area contributed by atoms with E-state index in [9.17, 15) is 14.4 Å². The van der Waals surface area contributed by atoms with E-state index in [0.717, 1.165) is 19.3 Å². The molecule has 0 unspecified atom stereocenters. The fourth-order valence-corrected chi connectivity index (χ4v) is 5.23. The van der Waals surface area contributed by atoms with Gasteiger partial charge in [0, 0.05) is 0 Å². The summed E-state index contributed by atoms with van der Waals surface area (Å²) in [6.07, 6.45) is 28.5. The van der Waals surface area contributed by atoms with E-state index in [1.54, 1.807) is 0 Å². The number of unbranched alkanes of at least 4 members (excludes halogenated alkanes) is 17. The van der Waals surface area contributed by atoms with Crippen LogP contribution >= 0.6 is 0 Å². The number of allylic oxidation sites excluding steroid dienone is 2. The molecule has 228 valence electrons. The molecule has 0 aromatic carbocycles. The van der Waals surface area contributed by atoms with Crippen molar-refractivity contribution in [2.24, 2.45) is 0 Å². The quantitative estimate of drug-likeness (QED) is 0.0468. The standard InChI is InChI=1S/C32H59NO6/c1-2-3-4-5-6-7-8-9-10-11-12-13-14-15-16-17-18-19-20-21-22-26-33(27-23-30(34)35,28-24-31(36)37)29-25-32(38)39/h5-6H,2-4,7-29H2,1H3,(H2-,34,35,36,37,38,39)/p+1/b6-5+. The van der Waals surface area contributed by atoms with Gasteiger partial charge in [0.15, 0.2) is 0 Å². The summed E-state index contributed by atoms with van der Waals surface area (Å²) in [7, 11) is 0. The van der Waals surface area contributed by atoms with Gasteiger partial charge >= 0.3 is 17.9 Å². The molecule has 7 nitrogen and oxygen atoms in total. The number of hydrogen-bond acceptors (Lipinski definition) is 3. The van der Waals surface area contributed by atoms with Crippen molar-refractivity contribution in [3.05, 3.63) is 12.2 Å². The second-order valence-electron chi connectivity index (χ2n) is 11.4. The van der Waals surface area contributed by atoms with Gasteiger partial charge in [-0.3, -0.25) is 14.4 Å². The minimum absolute atomic E-state index is 0.0731. The van der Waals surface area contributed by atoms with E-state index in [1.807, 2.05) is 0 Å². The smallest absolute Gasteiger partial charge is 0.309 e. The van der Waals surface area contributed by atoms with Gasteiger partial charge in [0.1, 0.15) is 0 Å². The molecule has 0 radical (unpaired) electrons. The second-order valence-corrected chi connectivity index (χ2v) is 11.4. The van der Waals surface area contributed by atoms with Crippen LogP contribution in [0.3, 0.4) is 0 Å². The van der Waals surface area contributed by atoms with Crippen LogP contribution in [0.25, 0.3) is 0 Å². The van der Waals surface area contributed by atoms with Crippen LogP contribution in [0, 0.1) is 0 Å². The molecule has 0 aliphatic heterocycles. The van der Waals surface area contributed by atoms with Crippen molar-refractivity contribution >= 4 is 17.9 Å². The maximum atomic E-state index is 11.1. The van der Waals surface area contributed by atoms with E-state index in [0.29, 0.717) is 6.54 Å². The molecule has 0 spiro atoms. The highest BCUT2D eigenvalue weighted by atomic mass is 16.4. The molecule has 3 N–H and O–H groups in total. The van der Waals surface area contributed by atoms with Crippen LogP contribution < -0.4 is 0 Å². The van der Waals surface area contributed by atoms with Crippen molar-refractivity contribution in [3.8, 4) is 0 Å². The fraction of sp³-hybridized carbons (Fsp3) is 0.844. The summed E-state index contributed by atoms with van der Waals surface area (Å²) < 4.78 is 0.265. The lowest BCUT2D eigenvalue weighted by Gasteiger charge is -2.38. The molecule has 7 heteroatoms. The van der Waals surface area contributed by atoms with Gasteiger partial charge in [-0.25, -0.2) is 0 Å². The van der Waals surface area contributed by atoms with Gasteiger partial charge < -0.3 is 19.8 Å². The van der Waals surface area contributed by atoms with Crippen molar-refractivity contribution in [3.63, 3.8) is 0 Å². The highest BCUT2D eigenvalue weighted by Crippen LogP contribution is 2.17. The Balaban J connectivity index is 3.84. The Morgan fingerprint density at radius 2 is 0.769 bits per heavy atom. The first-order valence-corrected chi connectivity index (χ1v) is 16.0. The highest BCUT2D eigenvalue weighted by Gasteiger charge is 2.29. The Morgan fingerprint density at radius 3 is 1.10 bits per heavy atom. The lowest BCUT2D eigenvalue weighted by molar-refractivity contribution is -0.927. The Kier molecular flexibility index (Phi) is 25.1. The predicted octanol–water partition coefficient (Wildman–Crippen LogP) is 8.22. The van der Waals surface area contributed by atoms with Crippen LogP contribution in [-0.4, -0.2) is 63.9 Å². The molecule has 0 aliphatic carbocycles. The van der Waals surface area contributed by atoms with E-state index in [-0.39, 0.29) is 43.4 Å². The topological polar surface area (TPSA) is 112 Å². The molecule has 0 fully saturated rings. The predicted molar refractivity (Wildman–Crippen MR) is 159 cm³/mol. The largest absolute Gasteiger partial charge is 0.481 e. The molecule has 39 heavy (non-hydrogen) atoms. The van der Waals surface area contributed by atoms with Crippen molar-refractivity contribution < 1.29 is 34.2 Å². The highest BCUT2D eigenvalue weighted by molar-refractivity contribution is 5.67. The average Bonchev–Trinajstić information content (AvgIpc) is 2.90. The minimum atomic E-state index is -0.931. The number of carbonyl (C=O) groups is 3. The van der Waals surface area contributed by atoms with Crippen LogP contribution in [0.15, 0.2) is 12.2 Å². The minimum Gasteiger partial charge on any atom is -0.481 e. The van der Waals surface area contributed by atoms with Crippen LogP contribution in [0.2, 0.25) is 0 Å². The van der Waals surface area contributed by atoms with Gasteiger partial charge in [-0.2, -0.15) is 0 Å². The molecule has 0 amide bonds. The van der Waals surface area contributed by atoms with Crippen molar-refractivity contribution in [1.29, 1.82) is 0 Å². The van der Waals surface area contributed by atoms with Crippen LogP contribution in [-0.2, 0) is 14.4 Å². The summed E-state index contributed by atoms with van der Waals surface area (Å²) in [5.41, 5.74) is 0. The zero-order valence-corrected chi connectivity index (χ0v) is 25.1. The van der Waals surface area contributed by atoms with E-state index in [1.165, 1.54) is 103 Å². The Hall–Kier alpha value is -1.89. The maximum absolute atomic E-state index is 11.1. The number of aliphatic carboxylic acids is 3. The Morgan fingerprint density at radius 1 is 0.462 bits per heavy atom. The summed E-state index contributed by atoms with van der Waals surface area (Å²) in [6.45, 7) is 3.74. The monoisotopic (exact) mass is 554 g/mol. The van der Waals surface area contributed by atoms with Crippen LogP contribution in [0.5, 0.6) is 0 Å². The molecule has 0 aromatic heterocycles. The Labute approximate surface area is 238 Å². The van der Waals surface area contributed by atoms with Gasteiger partial charge in [-0.15, -0.1) is 0 Å². The molecule has 0 saturated carbocycles. The van der Waals surface area contributed by atoms with E-state index < -0.39 is 17.9 Å². The van der Waals surface area contributed by atoms with E-state index in [4.69, 9.17) is 15.3 Å². The first kappa shape index (κ1) is 37.1. The van der Waals surface area contributed by atoms with Gasteiger partial charge in [0.05, 0.1) is 45.4 Å². The van der Waals surface area contributed by atoms with Crippen LogP contribution in [0.4, 0.5) is 0 Å². The van der Waals surface area contributed by atoms with Crippen molar-refractivity contribution in [1.82, 2.24) is 0 Å². The fourth-order valence-electron chi connectivity index (χ4n) is 5.23. The van der Waals surface area contributed by atoms with Gasteiger partial charge in [-0.05, 0) is 32.1 Å². The average molecular weight is 555 g/mol. The van der Waals surface area contributed by atoms with Crippen molar-refractivity contribution in [2.75, 3.05) is 26.2 Å². The molecule has 0 bridgehead atoms. The van der Waals surface area contributed by atoms with Gasteiger partial charge in [0.25, 0.3) is 0 Å². The molecule has 0 atom stereocenters. The zero-order chi connectivity index (χ0) is 29.0. The molecule has 0 aliphatic rings. The van der Waals surface area contributed by atoms with E-state index in [2.05, 4.69) is 19.1 Å². The molecule has 0 aromatic rings. The number of hydrogen-bond donors (Lipinski definition) is 3. The summed E-state index contributed by atoms with van der Waals surface area (Å²) >= 11 is 0. The third-order valence-electron chi connectivity index (χ3n) is 7.79. The number of quaternary nitrogens is 1. The zero-order valence-electron chi connectivity index (χ0n) is 25.1. The molecule has 0 heterocycles. The molecule has 0 rings (SSSR count). The van der Waals surface area contributed by atoms with Gasteiger partial charge in [-0.1, -0.05) is 109 Å². The number of carboxylic acids is 3. The van der Waals surface area contributed by atoms with E-state index >= 15 is 0 Å². The van der Waals surface area contributed by atoms with Crippen molar-refractivity contribution in [2.45, 2.75) is 148 Å². The Bertz CT molecular complexity index is 603. The SMILES string of the molecule is CCCC/C=C/CCCCCCCCCCCCCCCCC[N+](CCC(=O)O)(CCC(=O)O)CCC(=O)O. The number of carboxylic acid groups (broad SMARTS) is 3. The van der Waals surface area contributed by atoms with Crippen LogP contribution in [0.1, 0.15) is 148 Å². The summed E-state index contributed by atoms with van der Waals surface area (Å²) in [5, 5.41) is 27.4. The van der Waals surface area contributed by atoms with Gasteiger partial charge in [0.2, 0.25) is 0 Å². The second kappa shape index (κ2) is 26.3. The maximum Gasteiger partial charge on any atom is 0.309 e. The summed E-state index contributed by atoms with van der Waals surface area (Å²) in [6, 6.07) is 0. The third kappa shape index (κ3) is 26.1. The normalized spacial score (nSPS) is 11.8. The summed E-state index contributed by atoms with van der Waals surface area (Å²) in [4.78, 5) is 33.4. The molecular weight excluding hydrogens is 494 g/mol. The number of nitrogens with zero attached hydrogens (tertiary/aromatic N) is 1. The molecule has 0 saturated heterocycles. The molecular formula is C32H60NO6+. The first-order chi connectivity index (χ1) is 18.8. The lowest BCUT2D eigenvalue weighted by atomic mass is 10.0. The first-order valence-electron chi connectivity index (χ1n) is 16.0. The summed E-state index contributed by atoms with van der Waals surface area (Å²) in [5.74, 6) is -2.79.